The lowest BCUT2D eigenvalue weighted by molar-refractivity contribution is -0.136. The van der Waals surface area contributed by atoms with E-state index in [4.69, 9.17) is 5.11 Å². The van der Waals surface area contributed by atoms with Gasteiger partial charge in [0.1, 0.15) is 12.2 Å². The number of hydrogen-bond donors (Lipinski definition) is 1. The van der Waals surface area contributed by atoms with Crippen molar-refractivity contribution in [2.24, 2.45) is 0 Å². The van der Waals surface area contributed by atoms with Crippen LogP contribution in [0.3, 0.4) is 0 Å². The van der Waals surface area contributed by atoms with Crippen LogP contribution in [0.15, 0.2) is 16.0 Å². The summed E-state index contributed by atoms with van der Waals surface area (Å²) in [5.74, 6) is 0.756. The zero-order valence-corrected chi connectivity index (χ0v) is 12.1. The number of thioether (sulfide) groups is 1. The van der Waals surface area contributed by atoms with E-state index >= 15 is 0 Å². The average Bonchev–Trinajstić information content (AvgIpc) is 2.96. The van der Waals surface area contributed by atoms with Gasteiger partial charge in [0, 0.05) is 11.9 Å². The number of rotatable bonds is 7. The van der Waals surface area contributed by atoms with Crippen molar-refractivity contribution >= 4 is 29.1 Å². The van der Waals surface area contributed by atoms with Crippen LogP contribution in [0.2, 0.25) is 0 Å². The molecule has 102 valence electrons. The highest BCUT2D eigenvalue weighted by atomic mass is 32.2. The third kappa shape index (κ3) is 4.03. The third-order valence-electron chi connectivity index (χ3n) is 2.32. The fourth-order valence-corrected chi connectivity index (χ4v) is 3.31. The van der Waals surface area contributed by atoms with Gasteiger partial charge < -0.3 is 5.11 Å². The summed E-state index contributed by atoms with van der Waals surface area (Å²) in [5.41, 5.74) is 0.607. The molecule has 0 aliphatic rings. The summed E-state index contributed by atoms with van der Waals surface area (Å²) in [6, 6.07) is 0. The van der Waals surface area contributed by atoms with Gasteiger partial charge in [-0.25, -0.2) is 14.6 Å². The quantitative estimate of drug-likeness (QED) is 0.788. The molecule has 0 saturated carbocycles. The Kier molecular flexibility index (Phi) is 4.92. The molecule has 2 heterocycles. The predicted molar refractivity (Wildman–Crippen MR) is 73.3 cm³/mol. The van der Waals surface area contributed by atoms with Gasteiger partial charge in [0.15, 0.2) is 4.34 Å². The van der Waals surface area contributed by atoms with Crippen molar-refractivity contribution in [3.05, 3.63) is 23.2 Å². The third-order valence-corrected chi connectivity index (χ3v) is 4.38. The van der Waals surface area contributed by atoms with Crippen molar-refractivity contribution in [3.63, 3.8) is 0 Å². The molecule has 0 aliphatic carbocycles. The van der Waals surface area contributed by atoms with Crippen LogP contribution >= 0.6 is 23.1 Å². The fourth-order valence-electron chi connectivity index (χ4n) is 1.52. The Labute approximate surface area is 118 Å². The molecule has 8 heteroatoms. The molecule has 0 fully saturated rings. The second-order valence-corrected chi connectivity index (χ2v) is 5.94. The highest BCUT2D eigenvalue weighted by Gasteiger charge is 2.09. The summed E-state index contributed by atoms with van der Waals surface area (Å²) in [6.07, 6.45) is 2.55. The standard InChI is InChI=1S/C11H14N4O2S2/c1-2-3-15-9(12-7-13-15)6-19-11-14-8(5-18-11)4-10(16)17/h5,7H,2-4,6H2,1H3,(H,16,17). The number of hydrogen-bond acceptors (Lipinski definition) is 6. The molecule has 0 unspecified atom stereocenters. The Hall–Kier alpha value is -1.41. The molecule has 6 nitrogen and oxygen atoms in total. The number of aliphatic carboxylic acids is 1. The lowest BCUT2D eigenvalue weighted by Crippen LogP contribution is -2.04. The molecule has 0 aromatic carbocycles. The largest absolute Gasteiger partial charge is 0.481 e. The highest BCUT2D eigenvalue weighted by molar-refractivity contribution is 8.00. The van der Waals surface area contributed by atoms with Crippen LogP contribution in [-0.4, -0.2) is 30.8 Å². The van der Waals surface area contributed by atoms with Crippen molar-refractivity contribution in [2.45, 2.75) is 36.4 Å². The maximum atomic E-state index is 10.6. The predicted octanol–water partition coefficient (Wildman–Crippen LogP) is 2.06. The minimum atomic E-state index is -0.857. The average molecular weight is 298 g/mol. The minimum absolute atomic E-state index is 0.0247. The first kappa shape index (κ1) is 14.0. The van der Waals surface area contributed by atoms with Crippen molar-refractivity contribution in [1.29, 1.82) is 0 Å². The first-order valence-corrected chi connectivity index (χ1v) is 7.71. The Morgan fingerprint density at radius 1 is 1.58 bits per heavy atom. The molecule has 0 spiro atoms. The molecular weight excluding hydrogens is 284 g/mol. The summed E-state index contributed by atoms with van der Waals surface area (Å²) < 4.78 is 2.75. The summed E-state index contributed by atoms with van der Waals surface area (Å²) in [7, 11) is 0. The monoisotopic (exact) mass is 298 g/mol. The molecule has 0 radical (unpaired) electrons. The second-order valence-electron chi connectivity index (χ2n) is 3.86. The topological polar surface area (TPSA) is 80.9 Å². The Morgan fingerprint density at radius 2 is 2.42 bits per heavy atom. The molecule has 0 amide bonds. The molecule has 2 aromatic rings. The zero-order valence-electron chi connectivity index (χ0n) is 10.4. The molecule has 19 heavy (non-hydrogen) atoms. The fraction of sp³-hybridized carbons (Fsp3) is 0.455. The minimum Gasteiger partial charge on any atom is -0.481 e. The van der Waals surface area contributed by atoms with Crippen molar-refractivity contribution in [3.8, 4) is 0 Å². The van der Waals surface area contributed by atoms with Crippen LogP contribution in [0, 0.1) is 0 Å². The van der Waals surface area contributed by atoms with Gasteiger partial charge in [-0.05, 0) is 6.42 Å². The zero-order chi connectivity index (χ0) is 13.7. The van der Waals surface area contributed by atoms with Gasteiger partial charge in [-0.3, -0.25) is 4.79 Å². The van der Waals surface area contributed by atoms with E-state index in [0.29, 0.717) is 11.4 Å². The van der Waals surface area contributed by atoms with E-state index < -0.39 is 5.97 Å². The Morgan fingerprint density at radius 3 is 3.16 bits per heavy atom. The van der Waals surface area contributed by atoms with E-state index in [-0.39, 0.29) is 6.42 Å². The normalized spacial score (nSPS) is 10.8. The van der Waals surface area contributed by atoms with Crippen molar-refractivity contribution in [2.75, 3.05) is 0 Å². The summed E-state index contributed by atoms with van der Waals surface area (Å²) in [5, 5.41) is 14.6. The number of nitrogens with zero attached hydrogens (tertiary/aromatic N) is 4. The van der Waals surface area contributed by atoms with E-state index in [1.54, 1.807) is 23.5 Å². The van der Waals surface area contributed by atoms with Gasteiger partial charge in [-0.15, -0.1) is 11.3 Å². The number of carboxylic acids is 1. The lowest BCUT2D eigenvalue weighted by atomic mass is 10.3. The maximum Gasteiger partial charge on any atom is 0.309 e. The number of thiazole rings is 1. The van der Waals surface area contributed by atoms with Gasteiger partial charge in [-0.2, -0.15) is 5.10 Å². The van der Waals surface area contributed by atoms with Gasteiger partial charge in [0.05, 0.1) is 17.9 Å². The van der Waals surface area contributed by atoms with Crippen LogP contribution in [0.1, 0.15) is 24.9 Å². The molecule has 2 aromatic heterocycles. The smallest absolute Gasteiger partial charge is 0.309 e. The SMILES string of the molecule is CCCn1ncnc1CSc1nc(CC(=O)O)cs1. The van der Waals surface area contributed by atoms with Crippen LogP contribution in [0.5, 0.6) is 0 Å². The van der Waals surface area contributed by atoms with Crippen molar-refractivity contribution in [1.82, 2.24) is 19.7 Å². The highest BCUT2D eigenvalue weighted by Crippen LogP contribution is 2.25. The van der Waals surface area contributed by atoms with Crippen LogP contribution in [0.25, 0.3) is 0 Å². The van der Waals surface area contributed by atoms with E-state index in [9.17, 15) is 4.79 Å². The van der Waals surface area contributed by atoms with Gasteiger partial charge in [-0.1, -0.05) is 18.7 Å². The van der Waals surface area contributed by atoms with E-state index in [2.05, 4.69) is 22.0 Å². The summed E-state index contributed by atoms with van der Waals surface area (Å²) in [6.45, 7) is 2.95. The molecule has 0 bridgehead atoms. The van der Waals surface area contributed by atoms with E-state index in [1.807, 2.05) is 4.68 Å². The molecule has 0 saturated heterocycles. The number of aryl methyl sites for hydroxylation is 1. The van der Waals surface area contributed by atoms with Gasteiger partial charge >= 0.3 is 5.97 Å². The van der Waals surface area contributed by atoms with Crippen LogP contribution in [-0.2, 0) is 23.5 Å². The number of aromatic nitrogens is 4. The molecular formula is C11H14N4O2S2. The van der Waals surface area contributed by atoms with E-state index in [1.165, 1.54) is 11.3 Å². The first-order valence-electron chi connectivity index (χ1n) is 5.84. The lowest BCUT2D eigenvalue weighted by Gasteiger charge is -2.02. The molecule has 2 rings (SSSR count). The molecule has 0 aliphatic heterocycles. The summed E-state index contributed by atoms with van der Waals surface area (Å²) >= 11 is 3.02. The summed E-state index contributed by atoms with van der Waals surface area (Å²) in [4.78, 5) is 19.1. The molecule has 0 atom stereocenters. The van der Waals surface area contributed by atoms with Crippen LogP contribution < -0.4 is 0 Å². The van der Waals surface area contributed by atoms with Gasteiger partial charge in [0.25, 0.3) is 0 Å². The Balaban J connectivity index is 1.92. The van der Waals surface area contributed by atoms with E-state index in [0.717, 1.165) is 23.1 Å². The number of carboxylic acid groups (broad SMARTS) is 1. The first-order chi connectivity index (χ1) is 9.19. The van der Waals surface area contributed by atoms with Crippen LogP contribution in [0.4, 0.5) is 0 Å². The Bertz CT molecular complexity index is 552. The maximum absolute atomic E-state index is 10.6. The van der Waals surface area contributed by atoms with Gasteiger partial charge in [0.2, 0.25) is 0 Å². The van der Waals surface area contributed by atoms with Crippen molar-refractivity contribution < 1.29 is 9.90 Å². The second kappa shape index (κ2) is 6.67. The number of carbonyl (C=O) groups is 1. The molecule has 1 N–H and O–H groups in total.